The molecular weight excluding hydrogens is 226 g/mol. The molecule has 0 aliphatic rings. The van der Waals surface area contributed by atoms with Gasteiger partial charge in [0.1, 0.15) is 12.0 Å². The van der Waals surface area contributed by atoms with E-state index in [-0.39, 0.29) is 5.69 Å². The molecule has 17 heavy (non-hydrogen) atoms. The molecule has 1 heterocycles. The van der Waals surface area contributed by atoms with E-state index in [2.05, 4.69) is 15.6 Å². The van der Waals surface area contributed by atoms with Crippen LogP contribution >= 0.6 is 0 Å². The molecule has 0 radical (unpaired) electrons. The summed E-state index contributed by atoms with van der Waals surface area (Å²) in [5.74, 6) is 0.513. The Morgan fingerprint density at radius 1 is 1.59 bits per heavy atom. The van der Waals surface area contributed by atoms with Gasteiger partial charge in [0, 0.05) is 18.7 Å². The molecule has 1 rings (SSSR count). The van der Waals surface area contributed by atoms with Crippen molar-refractivity contribution in [3.05, 3.63) is 27.9 Å². The first-order chi connectivity index (χ1) is 8.00. The number of carbonyl (C=O) groups is 1. The zero-order valence-electron chi connectivity index (χ0n) is 9.27. The number of nitrogens with two attached hydrogens (primary N) is 1. The van der Waals surface area contributed by atoms with Crippen molar-refractivity contribution in [3.8, 4) is 0 Å². The van der Waals surface area contributed by atoms with Crippen LogP contribution in [-0.4, -0.2) is 29.0 Å². The van der Waals surface area contributed by atoms with E-state index < -0.39 is 11.0 Å². The highest BCUT2D eigenvalue weighted by molar-refractivity contribution is 5.71. The van der Waals surface area contributed by atoms with Gasteiger partial charge in [0.05, 0.1) is 4.92 Å². The maximum Gasteiger partial charge on any atom is 0.312 e. The second-order valence-corrected chi connectivity index (χ2v) is 3.33. The van der Waals surface area contributed by atoms with Crippen molar-refractivity contribution >= 4 is 17.5 Å². The van der Waals surface area contributed by atoms with Gasteiger partial charge in [-0.1, -0.05) is 0 Å². The first kappa shape index (κ1) is 12.7. The molecule has 0 saturated heterocycles. The Balaban J connectivity index is 2.53. The van der Waals surface area contributed by atoms with E-state index in [9.17, 15) is 14.9 Å². The van der Waals surface area contributed by atoms with Crippen molar-refractivity contribution in [1.29, 1.82) is 0 Å². The summed E-state index contributed by atoms with van der Waals surface area (Å²) in [5.41, 5.74) is 5.38. The molecule has 0 bridgehead atoms. The number of amides is 2. The minimum Gasteiger partial charge on any atom is -0.368 e. The first-order valence-electron chi connectivity index (χ1n) is 4.89. The van der Waals surface area contributed by atoms with Crippen LogP contribution in [0.15, 0.2) is 12.3 Å². The Morgan fingerprint density at radius 2 is 2.29 bits per heavy atom. The molecule has 0 fully saturated rings. The lowest BCUT2D eigenvalue weighted by atomic mass is 10.2. The highest BCUT2D eigenvalue weighted by atomic mass is 16.6. The SMILES string of the molecule is Cc1cc(NCCNC(N)=O)ncc1[N+](=O)[O-]. The van der Waals surface area contributed by atoms with Crippen LogP contribution in [0.25, 0.3) is 0 Å². The molecule has 0 atom stereocenters. The van der Waals surface area contributed by atoms with Crippen LogP contribution in [0.3, 0.4) is 0 Å². The van der Waals surface area contributed by atoms with Gasteiger partial charge in [-0.15, -0.1) is 0 Å². The molecule has 92 valence electrons. The summed E-state index contributed by atoms with van der Waals surface area (Å²) >= 11 is 0. The summed E-state index contributed by atoms with van der Waals surface area (Å²) in [6.07, 6.45) is 1.19. The minimum absolute atomic E-state index is 0.0224. The highest BCUT2D eigenvalue weighted by Gasteiger charge is 2.10. The number of hydrogen-bond acceptors (Lipinski definition) is 5. The van der Waals surface area contributed by atoms with Gasteiger partial charge >= 0.3 is 6.03 Å². The molecule has 8 heteroatoms. The van der Waals surface area contributed by atoms with E-state index >= 15 is 0 Å². The van der Waals surface area contributed by atoms with E-state index in [1.807, 2.05) is 0 Å². The van der Waals surface area contributed by atoms with Crippen LogP contribution in [0.5, 0.6) is 0 Å². The number of pyridine rings is 1. The Labute approximate surface area is 97.4 Å². The van der Waals surface area contributed by atoms with Crippen LogP contribution in [0.4, 0.5) is 16.3 Å². The van der Waals surface area contributed by atoms with Gasteiger partial charge in [-0.25, -0.2) is 9.78 Å². The van der Waals surface area contributed by atoms with E-state index in [1.54, 1.807) is 13.0 Å². The van der Waals surface area contributed by atoms with Crippen molar-refractivity contribution < 1.29 is 9.72 Å². The number of aromatic nitrogens is 1. The van der Waals surface area contributed by atoms with E-state index in [0.29, 0.717) is 24.5 Å². The molecule has 1 aromatic rings. The van der Waals surface area contributed by atoms with Crippen molar-refractivity contribution in [2.45, 2.75) is 6.92 Å². The monoisotopic (exact) mass is 239 g/mol. The topological polar surface area (TPSA) is 123 Å². The third-order valence-electron chi connectivity index (χ3n) is 2.01. The van der Waals surface area contributed by atoms with Crippen LogP contribution in [0, 0.1) is 17.0 Å². The fourth-order valence-electron chi connectivity index (χ4n) is 1.21. The van der Waals surface area contributed by atoms with Gasteiger partial charge in [0.15, 0.2) is 0 Å². The summed E-state index contributed by atoms with van der Waals surface area (Å²) < 4.78 is 0. The fourth-order valence-corrected chi connectivity index (χ4v) is 1.21. The van der Waals surface area contributed by atoms with Crippen molar-refractivity contribution in [2.75, 3.05) is 18.4 Å². The van der Waals surface area contributed by atoms with Crippen LogP contribution in [0.2, 0.25) is 0 Å². The van der Waals surface area contributed by atoms with Gasteiger partial charge in [-0.3, -0.25) is 10.1 Å². The molecule has 0 unspecified atom stereocenters. The molecule has 4 N–H and O–H groups in total. The number of rotatable bonds is 5. The highest BCUT2D eigenvalue weighted by Crippen LogP contribution is 2.18. The third kappa shape index (κ3) is 3.93. The van der Waals surface area contributed by atoms with Crippen LogP contribution in [-0.2, 0) is 0 Å². The number of anilines is 1. The quantitative estimate of drug-likeness (QED) is 0.389. The first-order valence-corrected chi connectivity index (χ1v) is 4.89. The zero-order chi connectivity index (χ0) is 12.8. The number of nitro groups is 1. The molecule has 0 aliphatic heterocycles. The molecule has 0 aliphatic carbocycles. The number of aryl methyl sites for hydroxylation is 1. The van der Waals surface area contributed by atoms with Crippen molar-refractivity contribution in [1.82, 2.24) is 10.3 Å². The lowest BCUT2D eigenvalue weighted by molar-refractivity contribution is -0.385. The number of nitrogens with one attached hydrogen (secondary N) is 2. The summed E-state index contributed by atoms with van der Waals surface area (Å²) in [4.78, 5) is 24.3. The molecule has 2 amide bonds. The number of hydrogen-bond donors (Lipinski definition) is 3. The average Bonchev–Trinajstić information content (AvgIpc) is 2.23. The molecular formula is C9H13N5O3. The molecule has 1 aromatic heterocycles. The Hall–Kier alpha value is -2.38. The van der Waals surface area contributed by atoms with E-state index in [0.717, 1.165) is 0 Å². The van der Waals surface area contributed by atoms with Gasteiger partial charge in [0.25, 0.3) is 5.69 Å². The normalized spacial score (nSPS) is 9.71. The van der Waals surface area contributed by atoms with Crippen LogP contribution in [0.1, 0.15) is 5.56 Å². The smallest absolute Gasteiger partial charge is 0.312 e. The number of carbonyl (C=O) groups excluding carboxylic acids is 1. The van der Waals surface area contributed by atoms with Crippen molar-refractivity contribution in [2.24, 2.45) is 5.73 Å². The Bertz CT molecular complexity index is 435. The maximum atomic E-state index is 10.6. The predicted molar refractivity (Wildman–Crippen MR) is 61.7 cm³/mol. The lowest BCUT2D eigenvalue weighted by Gasteiger charge is -2.06. The third-order valence-corrected chi connectivity index (χ3v) is 2.01. The summed E-state index contributed by atoms with van der Waals surface area (Å²) in [6, 6.07) is 0.974. The summed E-state index contributed by atoms with van der Waals surface area (Å²) in [6.45, 7) is 2.42. The molecule has 8 nitrogen and oxygen atoms in total. The second kappa shape index (κ2) is 5.64. The molecule has 0 aromatic carbocycles. The molecule has 0 saturated carbocycles. The molecule has 0 spiro atoms. The van der Waals surface area contributed by atoms with Gasteiger partial charge in [0.2, 0.25) is 0 Å². The standard InChI is InChI=1S/C9H13N5O3/c1-6-4-8(11-2-3-12-9(10)15)13-5-7(6)14(16)17/h4-5H,2-3H2,1H3,(H,11,13)(H3,10,12,15). The van der Waals surface area contributed by atoms with Gasteiger partial charge in [-0.2, -0.15) is 0 Å². The summed E-state index contributed by atoms with van der Waals surface area (Å²) in [5, 5.41) is 15.9. The van der Waals surface area contributed by atoms with E-state index in [4.69, 9.17) is 5.73 Å². The van der Waals surface area contributed by atoms with Crippen molar-refractivity contribution in [3.63, 3.8) is 0 Å². The maximum absolute atomic E-state index is 10.6. The van der Waals surface area contributed by atoms with Gasteiger partial charge < -0.3 is 16.4 Å². The Morgan fingerprint density at radius 3 is 2.82 bits per heavy atom. The number of primary amides is 1. The fraction of sp³-hybridized carbons (Fsp3) is 0.333. The lowest BCUT2D eigenvalue weighted by Crippen LogP contribution is -2.33. The number of urea groups is 1. The minimum atomic E-state index is -0.598. The number of nitrogens with zero attached hydrogens (tertiary/aromatic N) is 2. The van der Waals surface area contributed by atoms with E-state index in [1.165, 1.54) is 6.20 Å². The summed E-state index contributed by atoms with van der Waals surface area (Å²) in [7, 11) is 0. The van der Waals surface area contributed by atoms with Gasteiger partial charge in [-0.05, 0) is 13.0 Å². The Kier molecular flexibility index (Phi) is 4.21. The zero-order valence-corrected chi connectivity index (χ0v) is 9.27. The average molecular weight is 239 g/mol. The van der Waals surface area contributed by atoms with Crippen LogP contribution < -0.4 is 16.4 Å². The second-order valence-electron chi connectivity index (χ2n) is 3.33. The largest absolute Gasteiger partial charge is 0.368 e. The predicted octanol–water partition coefficient (Wildman–Crippen LogP) is 0.378.